The minimum atomic E-state index is 0.238. The molecule has 3 nitrogen and oxygen atoms in total. The van der Waals surface area contributed by atoms with Gasteiger partial charge in [-0.1, -0.05) is 17.7 Å². The highest BCUT2D eigenvalue weighted by Gasteiger charge is 2.13. The molecular weight excluding hydrogens is 245 g/mol. The van der Waals surface area contributed by atoms with Gasteiger partial charge in [-0.2, -0.15) is 4.98 Å². The monoisotopic (exact) mass is 255 g/mol. The van der Waals surface area contributed by atoms with Gasteiger partial charge in [0, 0.05) is 14.1 Å². The van der Waals surface area contributed by atoms with Crippen molar-refractivity contribution in [3.63, 3.8) is 0 Å². The van der Waals surface area contributed by atoms with Crippen molar-refractivity contribution in [2.45, 2.75) is 6.92 Å². The molecule has 0 bridgehead atoms. The average molecular weight is 256 g/mol. The van der Waals surface area contributed by atoms with Gasteiger partial charge in [0.1, 0.15) is 5.82 Å². The summed E-state index contributed by atoms with van der Waals surface area (Å²) in [6.07, 6.45) is 0. The van der Waals surface area contributed by atoms with Gasteiger partial charge in [-0.25, -0.2) is 4.98 Å². The van der Waals surface area contributed by atoms with E-state index in [1.165, 1.54) is 0 Å². The summed E-state index contributed by atoms with van der Waals surface area (Å²) in [5.74, 6) is 0.740. The summed E-state index contributed by atoms with van der Waals surface area (Å²) in [4.78, 5) is 10.3. The van der Waals surface area contributed by atoms with Crippen LogP contribution in [0.1, 0.15) is 5.56 Å². The summed E-state index contributed by atoms with van der Waals surface area (Å²) in [5.41, 5.74) is 1.84. The minimum Gasteiger partial charge on any atom is -0.362 e. The first kappa shape index (κ1) is 11.4. The number of aryl methyl sites for hydroxylation is 1. The lowest BCUT2D eigenvalue weighted by atomic mass is 10.1. The number of anilines is 1. The lowest BCUT2D eigenvalue weighted by Crippen LogP contribution is -2.12. The zero-order valence-corrected chi connectivity index (χ0v) is 10.8. The Kier molecular flexibility index (Phi) is 2.91. The molecule has 84 valence electrons. The smallest absolute Gasteiger partial charge is 0.224 e. The molecule has 0 fully saturated rings. The second kappa shape index (κ2) is 4.07. The maximum atomic E-state index is 6.18. The molecule has 0 aliphatic carbocycles. The summed E-state index contributed by atoms with van der Waals surface area (Å²) < 4.78 is 0. The van der Waals surface area contributed by atoms with Gasteiger partial charge in [0.25, 0.3) is 0 Å². The first-order valence-electron chi connectivity index (χ1n) is 4.80. The Labute approximate surface area is 104 Å². The van der Waals surface area contributed by atoms with Gasteiger partial charge in [-0.15, -0.1) is 0 Å². The maximum Gasteiger partial charge on any atom is 0.224 e. The average Bonchev–Trinajstić information content (AvgIpc) is 2.22. The molecule has 0 saturated heterocycles. The number of hydrogen-bond donors (Lipinski definition) is 0. The van der Waals surface area contributed by atoms with Crippen LogP contribution in [0.25, 0.3) is 10.9 Å². The molecule has 0 saturated carbocycles. The van der Waals surface area contributed by atoms with E-state index >= 15 is 0 Å². The fourth-order valence-electron chi connectivity index (χ4n) is 1.61. The molecule has 0 spiro atoms. The van der Waals surface area contributed by atoms with E-state index in [4.69, 9.17) is 23.2 Å². The van der Waals surface area contributed by atoms with E-state index in [-0.39, 0.29) is 5.28 Å². The number of rotatable bonds is 1. The minimum absolute atomic E-state index is 0.238. The van der Waals surface area contributed by atoms with Crippen LogP contribution in [-0.4, -0.2) is 24.1 Å². The molecule has 5 heteroatoms. The Balaban J connectivity index is 2.95. The normalized spacial score (nSPS) is 10.8. The van der Waals surface area contributed by atoms with E-state index in [2.05, 4.69) is 9.97 Å². The van der Waals surface area contributed by atoms with Crippen molar-refractivity contribution in [2.24, 2.45) is 0 Å². The van der Waals surface area contributed by atoms with Crippen molar-refractivity contribution in [3.05, 3.63) is 28.0 Å². The third kappa shape index (κ3) is 1.81. The summed E-state index contributed by atoms with van der Waals surface area (Å²) in [6.45, 7) is 1.97. The van der Waals surface area contributed by atoms with Crippen LogP contribution in [0, 0.1) is 6.92 Å². The lowest BCUT2D eigenvalue weighted by molar-refractivity contribution is 1.06. The number of benzene rings is 1. The SMILES string of the molecule is Cc1ccc(Cl)c2c(N(C)C)nc(Cl)nc12. The topological polar surface area (TPSA) is 29.0 Å². The van der Waals surface area contributed by atoms with Crippen LogP contribution in [-0.2, 0) is 0 Å². The number of halogens is 2. The number of hydrogen-bond acceptors (Lipinski definition) is 3. The fraction of sp³-hybridized carbons (Fsp3) is 0.273. The lowest BCUT2D eigenvalue weighted by Gasteiger charge is -2.15. The quantitative estimate of drug-likeness (QED) is 0.733. The molecule has 16 heavy (non-hydrogen) atoms. The van der Waals surface area contributed by atoms with Crippen molar-refractivity contribution in [3.8, 4) is 0 Å². The van der Waals surface area contributed by atoms with Gasteiger partial charge in [-0.05, 0) is 30.2 Å². The third-order valence-corrected chi connectivity index (χ3v) is 2.86. The van der Waals surface area contributed by atoms with Crippen LogP contribution < -0.4 is 4.90 Å². The zero-order valence-electron chi connectivity index (χ0n) is 9.25. The van der Waals surface area contributed by atoms with Crippen LogP contribution >= 0.6 is 23.2 Å². The second-order valence-corrected chi connectivity index (χ2v) is 4.54. The molecule has 1 heterocycles. The van der Waals surface area contributed by atoms with E-state index in [1.54, 1.807) is 0 Å². The Morgan fingerprint density at radius 2 is 1.81 bits per heavy atom. The van der Waals surface area contributed by atoms with Gasteiger partial charge in [0.05, 0.1) is 15.9 Å². The molecule has 1 aromatic heterocycles. The van der Waals surface area contributed by atoms with Crippen LogP contribution in [0.5, 0.6) is 0 Å². The first-order chi connectivity index (χ1) is 7.50. The first-order valence-corrected chi connectivity index (χ1v) is 5.56. The molecule has 0 atom stereocenters. The van der Waals surface area contributed by atoms with Crippen molar-refractivity contribution < 1.29 is 0 Å². The maximum absolute atomic E-state index is 6.18. The van der Waals surface area contributed by atoms with Crippen LogP contribution in [0.3, 0.4) is 0 Å². The predicted molar refractivity (Wildman–Crippen MR) is 68.6 cm³/mol. The number of nitrogens with zero attached hydrogens (tertiary/aromatic N) is 3. The Morgan fingerprint density at radius 1 is 1.12 bits per heavy atom. The molecule has 0 radical (unpaired) electrons. The van der Waals surface area contributed by atoms with Crippen molar-refractivity contribution in [1.29, 1.82) is 0 Å². The van der Waals surface area contributed by atoms with Crippen LogP contribution in [0.4, 0.5) is 5.82 Å². The zero-order chi connectivity index (χ0) is 11.9. The van der Waals surface area contributed by atoms with Gasteiger partial charge < -0.3 is 4.90 Å². The standard InChI is InChI=1S/C11H11Cl2N3/c1-6-4-5-7(12)8-9(6)14-11(13)15-10(8)16(2)3/h4-5H,1-3H3. The molecule has 0 amide bonds. The van der Waals surface area contributed by atoms with Crippen LogP contribution in [0.15, 0.2) is 12.1 Å². The second-order valence-electron chi connectivity index (χ2n) is 3.80. The van der Waals surface area contributed by atoms with E-state index in [9.17, 15) is 0 Å². The molecular formula is C11H11Cl2N3. The summed E-state index contributed by atoms with van der Waals surface area (Å²) in [5, 5.41) is 1.72. The summed E-state index contributed by atoms with van der Waals surface area (Å²) >= 11 is 12.1. The Hall–Kier alpha value is -1.06. The summed E-state index contributed by atoms with van der Waals surface area (Å²) in [7, 11) is 3.80. The largest absolute Gasteiger partial charge is 0.362 e. The highest BCUT2D eigenvalue weighted by Crippen LogP contribution is 2.32. The Bertz CT molecular complexity index is 552. The Morgan fingerprint density at radius 3 is 2.44 bits per heavy atom. The van der Waals surface area contributed by atoms with Gasteiger partial charge in [0.2, 0.25) is 5.28 Å². The van der Waals surface area contributed by atoms with Crippen molar-refractivity contribution >= 4 is 39.9 Å². The third-order valence-electron chi connectivity index (χ3n) is 2.38. The highest BCUT2D eigenvalue weighted by molar-refractivity contribution is 6.37. The predicted octanol–water partition coefficient (Wildman–Crippen LogP) is 3.31. The molecule has 2 rings (SSSR count). The van der Waals surface area contributed by atoms with Gasteiger partial charge in [-0.3, -0.25) is 0 Å². The molecule has 0 aliphatic heterocycles. The van der Waals surface area contributed by atoms with Gasteiger partial charge >= 0.3 is 0 Å². The van der Waals surface area contributed by atoms with Crippen molar-refractivity contribution in [2.75, 3.05) is 19.0 Å². The number of fused-ring (bicyclic) bond motifs is 1. The van der Waals surface area contributed by atoms with E-state index in [1.807, 2.05) is 38.1 Å². The van der Waals surface area contributed by atoms with Crippen molar-refractivity contribution in [1.82, 2.24) is 9.97 Å². The van der Waals surface area contributed by atoms with Gasteiger partial charge in [0.15, 0.2) is 0 Å². The molecule has 0 aliphatic rings. The van der Waals surface area contributed by atoms with E-state index < -0.39 is 0 Å². The molecule has 1 aromatic carbocycles. The molecule has 0 N–H and O–H groups in total. The number of aromatic nitrogens is 2. The fourth-order valence-corrected chi connectivity index (χ4v) is 2.01. The van der Waals surface area contributed by atoms with E-state index in [0.29, 0.717) is 5.02 Å². The highest BCUT2D eigenvalue weighted by atomic mass is 35.5. The van der Waals surface area contributed by atoms with Crippen LogP contribution in [0.2, 0.25) is 10.3 Å². The summed E-state index contributed by atoms with van der Waals surface area (Å²) in [6, 6.07) is 3.77. The molecule has 0 unspecified atom stereocenters. The molecule has 2 aromatic rings. The van der Waals surface area contributed by atoms with E-state index in [0.717, 1.165) is 22.3 Å².